The standard InChI is InChI=1S/C19H16ClN3O4/c1-2-17(24)26-15-9-5-13(6-10-15)19(25)21-11-16-22-18(23-27-16)12-3-7-14(20)8-4-12/h3-10H,2,11H2,1H3,(H,21,25). The quantitative estimate of drug-likeness (QED) is 0.514. The predicted octanol–water partition coefficient (Wildman–Crippen LogP) is 3.64. The molecular weight excluding hydrogens is 370 g/mol. The van der Waals surface area contributed by atoms with Gasteiger partial charge in [0.1, 0.15) is 5.75 Å². The van der Waals surface area contributed by atoms with E-state index in [4.69, 9.17) is 20.9 Å². The third kappa shape index (κ3) is 4.92. The van der Waals surface area contributed by atoms with Crippen molar-refractivity contribution >= 4 is 23.5 Å². The maximum atomic E-state index is 12.2. The molecule has 0 aliphatic carbocycles. The van der Waals surface area contributed by atoms with Gasteiger partial charge in [-0.1, -0.05) is 23.7 Å². The highest BCUT2D eigenvalue weighted by molar-refractivity contribution is 6.30. The van der Waals surface area contributed by atoms with Gasteiger partial charge in [0.05, 0.1) is 6.54 Å². The van der Waals surface area contributed by atoms with Crippen LogP contribution < -0.4 is 10.1 Å². The zero-order valence-electron chi connectivity index (χ0n) is 14.4. The van der Waals surface area contributed by atoms with Crippen LogP contribution in [0.3, 0.4) is 0 Å². The lowest BCUT2D eigenvalue weighted by Crippen LogP contribution is -2.22. The van der Waals surface area contributed by atoms with E-state index in [0.29, 0.717) is 22.2 Å². The number of hydrogen-bond donors (Lipinski definition) is 1. The van der Waals surface area contributed by atoms with Gasteiger partial charge in [0, 0.05) is 22.6 Å². The number of rotatable bonds is 6. The van der Waals surface area contributed by atoms with Crippen LogP contribution in [0.2, 0.25) is 5.02 Å². The summed E-state index contributed by atoms with van der Waals surface area (Å²) in [6.07, 6.45) is 0.282. The SMILES string of the molecule is CCC(=O)Oc1ccc(C(=O)NCc2nc(-c3ccc(Cl)cc3)no2)cc1. The first-order valence-corrected chi connectivity index (χ1v) is 8.60. The van der Waals surface area contributed by atoms with Crippen molar-refractivity contribution < 1.29 is 18.8 Å². The van der Waals surface area contributed by atoms with Gasteiger partial charge in [-0.2, -0.15) is 4.98 Å². The first kappa shape index (κ1) is 18.6. The van der Waals surface area contributed by atoms with Crippen LogP contribution in [-0.4, -0.2) is 22.0 Å². The van der Waals surface area contributed by atoms with Crippen LogP contribution in [0.5, 0.6) is 5.75 Å². The maximum absolute atomic E-state index is 12.2. The van der Waals surface area contributed by atoms with Crippen molar-refractivity contribution in [1.82, 2.24) is 15.5 Å². The molecule has 2 aromatic carbocycles. The minimum Gasteiger partial charge on any atom is -0.427 e. The number of hydrogen-bond acceptors (Lipinski definition) is 6. The number of nitrogens with one attached hydrogen (secondary N) is 1. The molecule has 8 heteroatoms. The lowest BCUT2D eigenvalue weighted by molar-refractivity contribution is -0.134. The van der Waals surface area contributed by atoms with Gasteiger partial charge in [-0.3, -0.25) is 9.59 Å². The van der Waals surface area contributed by atoms with E-state index in [1.807, 2.05) is 0 Å². The summed E-state index contributed by atoms with van der Waals surface area (Å²) in [4.78, 5) is 27.7. The molecule has 27 heavy (non-hydrogen) atoms. The van der Waals surface area contributed by atoms with Crippen molar-refractivity contribution in [2.75, 3.05) is 0 Å². The van der Waals surface area contributed by atoms with Crippen LogP contribution in [0.4, 0.5) is 0 Å². The number of amides is 1. The van der Waals surface area contributed by atoms with E-state index in [9.17, 15) is 9.59 Å². The molecule has 0 bridgehead atoms. The van der Waals surface area contributed by atoms with Gasteiger partial charge in [-0.05, 0) is 48.5 Å². The number of benzene rings is 2. The van der Waals surface area contributed by atoms with Gasteiger partial charge in [0.15, 0.2) is 0 Å². The first-order chi connectivity index (χ1) is 13.0. The highest BCUT2D eigenvalue weighted by Gasteiger charge is 2.11. The Bertz CT molecular complexity index is 936. The highest BCUT2D eigenvalue weighted by Crippen LogP contribution is 2.18. The number of carbonyl (C=O) groups is 2. The van der Waals surface area contributed by atoms with Crippen LogP contribution in [0, 0.1) is 0 Å². The van der Waals surface area contributed by atoms with E-state index in [1.165, 1.54) is 0 Å². The fourth-order valence-corrected chi connectivity index (χ4v) is 2.30. The molecule has 0 spiro atoms. The second kappa shape index (κ2) is 8.46. The molecule has 1 aromatic heterocycles. The summed E-state index contributed by atoms with van der Waals surface area (Å²) in [6.45, 7) is 1.80. The molecule has 0 atom stereocenters. The molecule has 1 heterocycles. The highest BCUT2D eigenvalue weighted by atomic mass is 35.5. The Morgan fingerprint density at radius 2 is 1.81 bits per heavy atom. The summed E-state index contributed by atoms with van der Waals surface area (Å²) in [5.74, 6) is 0.442. The Labute approximate surface area is 160 Å². The molecular formula is C19H16ClN3O4. The van der Waals surface area contributed by atoms with E-state index in [-0.39, 0.29) is 30.7 Å². The monoisotopic (exact) mass is 385 g/mol. The van der Waals surface area contributed by atoms with Crippen LogP contribution in [0.25, 0.3) is 11.4 Å². The van der Waals surface area contributed by atoms with Gasteiger partial charge in [-0.25, -0.2) is 0 Å². The van der Waals surface area contributed by atoms with Crippen molar-refractivity contribution in [3.05, 3.63) is 65.0 Å². The Morgan fingerprint density at radius 1 is 1.11 bits per heavy atom. The fourth-order valence-electron chi connectivity index (χ4n) is 2.18. The second-order valence-corrected chi connectivity index (χ2v) is 5.99. The summed E-state index contributed by atoms with van der Waals surface area (Å²) < 4.78 is 10.2. The van der Waals surface area contributed by atoms with Gasteiger partial charge in [-0.15, -0.1) is 0 Å². The van der Waals surface area contributed by atoms with Crippen molar-refractivity contribution in [3.8, 4) is 17.1 Å². The minimum atomic E-state index is -0.333. The molecule has 1 amide bonds. The predicted molar refractivity (Wildman–Crippen MR) is 98.3 cm³/mol. The van der Waals surface area contributed by atoms with E-state index >= 15 is 0 Å². The molecule has 7 nitrogen and oxygen atoms in total. The maximum Gasteiger partial charge on any atom is 0.310 e. The topological polar surface area (TPSA) is 94.3 Å². The molecule has 0 saturated heterocycles. The normalized spacial score (nSPS) is 10.4. The number of aromatic nitrogens is 2. The summed E-state index contributed by atoms with van der Waals surface area (Å²) in [7, 11) is 0. The minimum absolute atomic E-state index is 0.0893. The third-order valence-corrected chi connectivity index (χ3v) is 3.86. The molecule has 138 valence electrons. The van der Waals surface area contributed by atoms with Crippen molar-refractivity contribution in [2.45, 2.75) is 19.9 Å². The molecule has 0 aliphatic heterocycles. The zero-order valence-corrected chi connectivity index (χ0v) is 15.2. The van der Waals surface area contributed by atoms with Crippen LogP contribution in [0.15, 0.2) is 53.1 Å². The smallest absolute Gasteiger partial charge is 0.310 e. The lowest BCUT2D eigenvalue weighted by atomic mass is 10.2. The third-order valence-electron chi connectivity index (χ3n) is 3.61. The van der Waals surface area contributed by atoms with Crippen molar-refractivity contribution in [1.29, 1.82) is 0 Å². The Hall–Kier alpha value is -3.19. The largest absolute Gasteiger partial charge is 0.427 e. The molecule has 0 aliphatic rings. The fraction of sp³-hybridized carbons (Fsp3) is 0.158. The summed E-state index contributed by atoms with van der Waals surface area (Å²) in [5, 5.41) is 7.20. The lowest BCUT2D eigenvalue weighted by Gasteiger charge is -2.05. The van der Waals surface area contributed by atoms with Gasteiger partial charge in [0.2, 0.25) is 11.7 Å². The van der Waals surface area contributed by atoms with Gasteiger partial charge >= 0.3 is 5.97 Å². The first-order valence-electron chi connectivity index (χ1n) is 8.22. The van der Waals surface area contributed by atoms with E-state index in [0.717, 1.165) is 5.56 Å². The second-order valence-electron chi connectivity index (χ2n) is 5.55. The van der Waals surface area contributed by atoms with Crippen molar-refractivity contribution in [3.63, 3.8) is 0 Å². The van der Waals surface area contributed by atoms with E-state index < -0.39 is 0 Å². The molecule has 0 fully saturated rings. The number of ether oxygens (including phenoxy) is 1. The van der Waals surface area contributed by atoms with E-state index in [2.05, 4.69) is 15.5 Å². The van der Waals surface area contributed by atoms with Crippen LogP contribution >= 0.6 is 11.6 Å². The summed E-state index contributed by atoms with van der Waals surface area (Å²) in [5.41, 5.74) is 1.18. The Kier molecular flexibility index (Phi) is 5.83. The molecule has 1 N–H and O–H groups in total. The number of halogens is 1. The Balaban J connectivity index is 1.57. The number of esters is 1. The van der Waals surface area contributed by atoms with Gasteiger partial charge < -0.3 is 14.6 Å². The Morgan fingerprint density at radius 3 is 2.48 bits per heavy atom. The number of nitrogens with zero attached hydrogens (tertiary/aromatic N) is 2. The summed E-state index contributed by atoms with van der Waals surface area (Å²) >= 11 is 5.85. The number of carbonyl (C=O) groups excluding carboxylic acids is 2. The van der Waals surface area contributed by atoms with Crippen molar-refractivity contribution in [2.24, 2.45) is 0 Å². The van der Waals surface area contributed by atoms with Gasteiger partial charge in [0.25, 0.3) is 5.91 Å². The molecule has 0 unspecified atom stereocenters. The van der Waals surface area contributed by atoms with Crippen LogP contribution in [0.1, 0.15) is 29.6 Å². The van der Waals surface area contributed by atoms with Crippen LogP contribution in [-0.2, 0) is 11.3 Å². The molecule has 0 saturated carbocycles. The average molecular weight is 386 g/mol. The molecule has 0 radical (unpaired) electrons. The zero-order chi connectivity index (χ0) is 19.2. The molecule has 3 rings (SSSR count). The van der Waals surface area contributed by atoms with E-state index in [1.54, 1.807) is 55.5 Å². The average Bonchev–Trinajstić information content (AvgIpc) is 3.16. The summed E-state index contributed by atoms with van der Waals surface area (Å²) in [6, 6.07) is 13.3. The molecule has 3 aromatic rings.